The molecule has 25 heavy (non-hydrogen) atoms. The van der Waals surface area contributed by atoms with Crippen molar-refractivity contribution in [3.05, 3.63) is 24.3 Å². The van der Waals surface area contributed by atoms with Gasteiger partial charge in [0.1, 0.15) is 18.5 Å². The largest absolute Gasteiger partial charge is 0.486 e. The quantitative estimate of drug-likeness (QED) is 0.790. The van der Waals surface area contributed by atoms with Gasteiger partial charge in [-0.15, -0.1) is 0 Å². The van der Waals surface area contributed by atoms with E-state index in [4.69, 9.17) is 9.47 Å². The van der Waals surface area contributed by atoms with Crippen LogP contribution < -0.4 is 9.47 Å². The van der Waals surface area contributed by atoms with Gasteiger partial charge in [0.25, 0.3) is 0 Å². The Hall–Kier alpha value is -1.80. The molecule has 0 saturated carbocycles. The van der Waals surface area contributed by atoms with Gasteiger partial charge in [0, 0.05) is 32.1 Å². The van der Waals surface area contributed by atoms with Gasteiger partial charge in [0.15, 0.2) is 11.5 Å². The highest BCUT2D eigenvalue weighted by Crippen LogP contribution is 2.32. The lowest BCUT2D eigenvalue weighted by molar-refractivity contribution is -0.129. The van der Waals surface area contributed by atoms with Crippen molar-refractivity contribution in [3.8, 4) is 11.5 Å². The van der Waals surface area contributed by atoms with Crippen LogP contribution in [0.3, 0.4) is 0 Å². The minimum atomic E-state index is -3.45. The van der Waals surface area contributed by atoms with Crippen LogP contribution in [0.2, 0.25) is 0 Å². The van der Waals surface area contributed by atoms with Gasteiger partial charge in [-0.2, -0.15) is 4.31 Å². The van der Waals surface area contributed by atoms with Gasteiger partial charge in [0.05, 0.1) is 0 Å². The van der Waals surface area contributed by atoms with Gasteiger partial charge < -0.3 is 14.4 Å². The number of para-hydroxylation sites is 2. The maximum absolute atomic E-state index is 12.7. The topological polar surface area (TPSA) is 76.2 Å². The van der Waals surface area contributed by atoms with Crippen LogP contribution >= 0.6 is 0 Å². The molecule has 1 amide bonds. The first-order chi connectivity index (χ1) is 12.0. The Morgan fingerprint density at radius 1 is 1.16 bits per heavy atom. The molecular weight excluding hydrogens is 344 g/mol. The van der Waals surface area contributed by atoms with E-state index >= 15 is 0 Å². The third-order valence-corrected chi connectivity index (χ3v) is 6.95. The standard InChI is InChI=1S/C17H22N2O5S/c20-17-6-3-8-19(17)13-7-9-18(10-13)25(21,22)12-14-11-23-15-4-1-2-5-16(15)24-14/h1-2,4-5,13-14H,3,6-12H2. The molecule has 1 aromatic carbocycles. The Kier molecular flexibility index (Phi) is 4.33. The number of rotatable bonds is 4. The van der Waals surface area contributed by atoms with Gasteiger partial charge in [-0.3, -0.25) is 4.79 Å². The zero-order chi connectivity index (χ0) is 17.4. The number of likely N-dealkylation sites (tertiary alicyclic amines) is 1. The summed E-state index contributed by atoms with van der Waals surface area (Å²) in [5.74, 6) is 1.26. The first kappa shape index (κ1) is 16.7. The molecule has 1 aromatic rings. The smallest absolute Gasteiger partial charge is 0.222 e. The molecular formula is C17H22N2O5S. The molecule has 7 nitrogen and oxygen atoms in total. The fraction of sp³-hybridized carbons (Fsp3) is 0.588. The van der Waals surface area contributed by atoms with Crippen molar-refractivity contribution in [1.29, 1.82) is 0 Å². The van der Waals surface area contributed by atoms with Gasteiger partial charge in [0.2, 0.25) is 15.9 Å². The van der Waals surface area contributed by atoms with Crippen molar-refractivity contribution < 1.29 is 22.7 Å². The predicted octanol–water partition coefficient (Wildman–Crippen LogP) is 0.853. The Morgan fingerprint density at radius 3 is 2.72 bits per heavy atom. The first-order valence-corrected chi connectivity index (χ1v) is 10.3. The Balaban J connectivity index is 1.39. The van der Waals surface area contributed by atoms with Crippen LogP contribution in [-0.4, -0.2) is 67.7 Å². The SMILES string of the molecule is O=C1CCCN1C1CCN(S(=O)(=O)CC2COc3ccccc3O2)C1. The highest BCUT2D eigenvalue weighted by Gasteiger charge is 2.39. The summed E-state index contributed by atoms with van der Waals surface area (Å²) >= 11 is 0. The maximum atomic E-state index is 12.7. The van der Waals surface area contributed by atoms with Gasteiger partial charge >= 0.3 is 0 Å². The molecule has 3 aliphatic heterocycles. The second kappa shape index (κ2) is 6.49. The molecule has 4 rings (SSSR count). The summed E-state index contributed by atoms with van der Waals surface area (Å²) in [5, 5.41) is 0. The molecule has 3 aliphatic rings. The lowest BCUT2D eigenvalue weighted by Crippen LogP contribution is -2.43. The maximum Gasteiger partial charge on any atom is 0.222 e. The van der Waals surface area contributed by atoms with Gasteiger partial charge in [-0.1, -0.05) is 12.1 Å². The number of nitrogens with zero attached hydrogens (tertiary/aromatic N) is 2. The highest BCUT2D eigenvalue weighted by molar-refractivity contribution is 7.89. The fourth-order valence-corrected chi connectivity index (χ4v) is 5.39. The van der Waals surface area contributed by atoms with Crippen LogP contribution in [-0.2, 0) is 14.8 Å². The summed E-state index contributed by atoms with van der Waals surface area (Å²) in [4.78, 5) is 13.7. The number of carbonyl (C=O) groups excluding carboxylic acids is 1. The third kappa shape index (κ3) is 3.32. The van der Waals surface area contributed by atoms with Gasteiger partial charge in [-0.05, 0) is 25.0 Å². The molecule has 2 saturated heterocycles. The summed E-state index contributed by atoms with van der Waals surface area (Å²) in [6.07, 6.45) is 1.63. The zero-order valence-corrected chi connectivity index (χ0v) is 14.8. The monoisotopic (exact) mass is 366 g/mol. The molecule has 136 valence electrons. The predicted molar refractivity (Wildman–Crippen MR) is 91.1 cm³/mol. The van der Waals surface area contributed by atoms with Crippen LogP contribution in [0.4, 0.5) is 0 Å². The van der Waals surface area contributed by atoms with Crippen molar-refractivity contribution in [2.45, 2.75) is 31.4 Å². The van der Waals surface area contributed by atoms with Crippen molar-refractivity contribution in [2.24, 2.45) is 0 Å². The van der Waals surface area contributed by atoms with Crippen molar-refractivity contribution in [3.63, 3.8) is 0 Å². The molecule has 0 radical (unpaired) electrons. The number of carbonyl (C=O) groups is 1. The summed E-state index contributed by atoms with van der Waals surface area (Å²) < 4.78 is 38.4. The Morgan fingerprint density at radius 2 is 1.96 bits per heavy atom. The van der Waals surface area contributed by atoms with Crippen LogP contribution in [0.1, 0.15) is 19.3 Å². The number of sulfonamides is 1. The third-order valence-electron chi connectivity index (χ3n) is 5.03. The number of hydrogen-bond acceptors (Lipinski definition) is 5. The molecule has 0 aliphatic carbocycles. The first-order valence-electron chi connectivity index (χ1n) is 8.69. The summed E-state index contributed by atoms with van der Waals surface area (Å²) in [6.45, 7) is 1.81. The summed E-state index contributed by atoms with van der Waals surface area (Å²) in [7, 11) is -3.45. The second-order valence-electron chi connectivity index (χ2n) is 6.77. The molecule has 0 aromatic heterocycles. The van der Waals surface area contributed by atoms with Crippen molar-refractivity contribution in [1.82, 2.24) is 9.21 Å². The van der Waals surface area contributed by atoms with Crippen LogP contribution in [0.25, 0.3) is 0 Å². The van der Waals surface area contributed by atoms with E-state index < -0.39 is 16.1 Å². The molecule has 8 heteroatoms. The minimum absolute atomic E-state index is 0.00836. The molecule has 0 spiro atoms. The zero-order valence-electron chi connectivity index (χ0n) is 14.0. The summed E-state index contributed by atoms with van der Waals surface area (Å²) in [5.41, 5.74) is 0. The van der Waals surface area contributed by atoms with Crippen LogP contribution in [0.5, 0.6) is 11.5 Å². The number of ether oxygens (including phenoxy) is 2. The molecule has 3 heterocycles. The van der Waals surface area contributed by atoms with E-state index in [1.807, 2.05) is 17.0 Å². The molecule has 0 bridgehead atoms. The van der Waals surface area contributed by atoms with E-state index in [9.17, 15) is 13.2 Å². The van der Waals surface area contributed by atoms with Crippen LogP contribution in [0.15, 0.2) is 24.3 Å². The van der Waals surface area contributed by atoms with Crippen molar-refractivity contribution >= 4 is 15.9 Å². The van der Waals surface area contributed by atoms with E-state index in [-0.39, 0.29) is 24.3 Å². The molecule has 2 atom stereocenters. The van der Waals surface area contributed by atoms with Crippen molar-refractivity contribution in [2.75, 3.05) is 32.0 Å². The van der Waals surface area contributed by atoms with E-state index in [1.165, 1.54) is 4.31 Å². The second-order valence-corrected chi connectivity index (χ2v) is 8.78. The van der Waals surface area contributed by atoms with Gasteiger partial charge in [-0.25, -0.2) is 8.42 Å². The van der Waals surface area contributed by atoms with E-state index in [0.717, 1.165) is 13.0 Å². The number of hydrogen-bond donors (Lipinski definition) is 0. The van der Waals surface area contributed by atoms with Crippen LogP contribution in [0, 0.1) is 0 Å². The van der Waals surface area contributed by atoms with E-state index in [2.05, 4.69) is 0 Å². The highest BCUT2D eigenvalue weighted by atomic mass is 32.2. The lowest BCUT2D eigenvalue weighted by Gasteiger charge is -2.28. The number of fused-ring (bicyclic) bond motifs is 1. The fourth-order valence-electron chi connectivity index (χ4n) is 3.76. The molecule has 2 fully saturated rings. The van der Waals surface area contributed by atoms with E-state index in [1.54, 1.807) is 12.1 Å². The average Bonchev–Trinajstić information content (AvgIpc) is 3.23. The summed E-state index contributed by atoms with van der Waals surface area (Å²) in [6, 6.07) is 7.27. The Labute approximate surface area is 147 Å². The number of amides is 1. The lowest BCUT2D eigenvalue weighted by atomic mass is 10.2. The Bertz CT molecular complexity index is 766. The van der Waals surface area contributed by atoms with E-state index in [0.29, 0.717) is 37.4 Å². The number of benzene rings is 1. The normalized spacial score (nSPS) is 27.0. The average molecular weight is 366 g/mol. The molecule has 0 N–H and O–H groups in total. The minimum Gasteiger partial charge on any atom is -0.486 e. The molecule has 2 unspecified atom stereocenters.